The second-order valence-electron chi connectivity index (χ2n) is 9.83. The van der Waals surface area contributed by atoms with Gasteiger partial charge in [0, 0.05) is 42.8 Å². The van der Waals surface area contributed by atoms with E-state index in [2.05, 4.69) is 33.6 Å². The zero-order chi connectivity index (χ0) is 23.8. The number of amides is 1. The highest BCUT2D eigenvalue weighted by atomic mass is 35.5. The molecule has 0 bridgehead atoms. The first kappa shape index (κ1) is 23.5. The number of hydrogen-bond donors (Lipinski definition) is 1. The first-order valence-corrected chi connectivity index (χ1v) is 12.9. The molecule has 2 saturated heterocycles. The molecule has 2 fully saturated rings. The molecule has 4 atom stereocenters. The van der Waals surface area contributed by atoms with Crippen LogP contribution in [0.3, 0.4) is 0 Å². The lowest BCUT2D eigenvalue weighted by Gasteiger charge is -2.40. The molecule has 8 heteroatoms. The Bertz CT molecular complexity index is 1020. The highest BCUT2D eigenvalue weighted by Crippen LogP contribution is 2.43. The lowest BCUT2D eigenvalue weighted by molar-refractivity contribution is -0.134. The maximum Gasteiger partial charge on any atom is 0.231 e. The van der Waals surface area contributed by atoms with Gasteiger partial charge < -0.3 is 14.9 Å². The van der Waals surface area contributed by atoms with Gasteiger partial charge in [0.2, 0.25) is 5.91 Å². The van der Waals surface area contributed by atoms with Crippen LogP contribution in [0.1, 0.15) is 67.9 Å². The number of carbonyl (C=O) groups is 1. The van der Waals surface area contributed by atoms with Crippen molar-refractivity contribution in [1.82, 2.24) is 19.8 Å². The largest absolute Gasteiger partial charge is 0.387 e. The number of hydrogen-bond acceptors (Lipinski definition) is 6. The minimum absolute atomic E-state index is 0.176. The van der Waals surface area contributed by atoms with Gasteiger partial charge in [-0.1, -0.05) is 37.6 Å². The van der Waals surface area contributed by atoms with Gasteiger partial charge in [0.1, 0.15) is 12.1 Å². The predicted molar refractivity (Wildman–Crippen MR) is 133 cm³/mol. The van der Waals surface area contributed by atoms with Crippen LogP contribution in [0.15, 0.2) is 30.6 Å². The number of likely N-dealkylation sites (N-methyl/N-ethyl adjacent to an activating group) is 1. The first-order valence-electron chi connectivity index (χ1n) is 12.5. The fourth-order valence-corrected chi connectivity index (χ4v) is 6.24. The van der Waals surface area contributed by atoms with Crippen LogP contribution in [0.4, 0.5) is 5.82 Å². The number of fused-ring (bicyclic) bond motifs is 1. The molecular formula is C26H34ClN5O2. The number of rotatable bonds is 5. The zero-order valence-electron chi connectivity index (χ0n) is 20.0. The molecule has 1 N–H and O–H groups in total. The van der Waals surface area contributed by atoms with Crippen molar-refractivity contribution < 1.29 is 9.90 Å². The lowest BCUT2D eigenvalue weighted by atomic mass is 9.88. The second-order valence-corrected chi connectivity index (χ2v) is 10.3. The van der Waals surface area contributed by atoms with Crippen LogP contribution in [0.2, 0.25) is 5.02 Å². The van der Waals surface area contributed by atoms with E-state index in [0.29, 0.717) is 24.5 Å². The van der Waals surface area contributed by atoms with Crippen LogP contribution in [0.25, 0.3) is 0 Å². The van der Waals surface area contributed by atoms with Crippen molar-refractivity contribution in [3.63, 3.8) is 0 Å². The van der Waals surface area contributed by atoms with E-state index in [1.165, 1.54) is 0 Å². The SMILES string of the molecule is CCN1CCCC1C(C(=O)N1CCN(c2ncnc3c2[C@H](C)C[C@H]3O)CC1)c1ccc(Cl)cc1. The molecule has 0 radical (unpaired) electrons. The zero-order valence-corrected chi connectivity index (χ0v) is 20.8. The summed E-state index contributed by atoms with van der Waals surface area (Å²) in [7, 11) is 0. The average Bonchev–Trinajstić information content (AvgIpc) is 3.44. The van der Waals surface area contributed by atoms with Crippen LogP contribution in [0.5, 0.6) is 0 Å². The van der Waals surface area contributed by atoms with Crippen molar-refractivity contribution in [2.24, 2.45) is 0 Å². The minimum Gasteiger partial charge on any atom is -0.387 e. The molecule has 182 valence electrons. The molecule has 2 aliphatic heterocycles. The first-order chi connectivity index (χ1) is 16.5. The van der Waals surface area contributed by atoms with E-state index in [0.717, 1.165) is 61.7 Å². The standard InChI is InChI=1S/C26H34ClN5O2/c1-3-30-10-4-5-20(30)23(18-6-8-19(27)9-7-18)26(34)32-13-11-31(12-14-32)25-22-17(2)15-21(33)24(22)28-16-29-25/h6-9,16-17,20-21,23,33H,3-5,10-15H2,1-2H3/t17-,20?,21-,23?/m1/s1. The Labute approximate surface area is 206 Å². The monoisotopic (exact) mass is 483 g/mol. The van der Waals surface area contributed by atoms with Crippen LogP contribution in [0, 0.1) is 0 Å². The molecule has 0 saturated carbocycles. The molecule has 2 aromatic rings. The van der Waals surface area contributed by atoms with E-state index in [1.807, 2.05) is 29.2 Å². The summed E-state index contributed by atoms with van der Waals surface area (Å²) in [6, 6.07) is 8.05. The number of benzene rings is 1. The van der Waals surface area contributed by atoms with Gasteiger partial charge in [-0.2, -0.15) is 0 Å². The van der Waals surface area contributed by atoms with Gasteiger partial charge in [-0.05, 0) is 56.0 Å². The Morgan fingerprint density at radius 2 is 1.88 bits per heavy atom. The van der Waals surface area contributed by atoms with E-state index in [1.54, 1.807) is 6.33 Å². The third-order valence-electron chi connectivity index (χ3n) is 7.87. The molecule has 1 aliphatic carbocycles. The summed E-state index contributed by atoms with van der Waals surface area (Å²) in [4.78, 5) is 29.6. The topological polar surface area (TPSA) is 72.8 Å². The molecule has 3 aliphatic rings. The number of aliphatic hydroxyl groups excluding tert-OH is 1. The summed E-state index contributed by atoms with van der Waals surface area (Å²) in [5.41, 5.74) is 2.89. The molecule has 0 spiro atoms. The van der Waals surface area contributed by atoms with Crippen LogP contribution >= 0.6 is 11.6 Å². The van der Waals surface area contributed by atoms with Crippen LogP contribution in [-0.4, -0.2) is 76.1 Å². The smallest absolute Gasteiger partial charge is 0.231 e. The van der Waals surface area contributed by atoms with Crippen molar-refractivity contribution in [2.45, 2.75) is 57.1 Å². The van der Waals surface area contributed by atoms with E-state index >= 15 is 0 Å². The van der Waals surface area contributed by atoms with Gasteiger partial charge in [-0.25, -0.2) is 9.97 Å². The number of likely N-dealkylation sites (tertiary alicyclic amines) is 1. The summed E-state index contributed by atoms with van der Waals surface area (Å²) in [6.45, 7) is 9.10. The van der Waals surface area contributed by atoms with Crippen molar-refractivity contribution in [3.8, 4) is 0 Å². The molecule has 1 aromatic heterocycles. The van der Waals surface area contributed by atoms with Crippen molar-refractivity contribution in [2.75, 3.05) is 44.2 Å². The Morgan fingerprint density at radius 3 is 2.59 bits per heavy atom. The quantitative estimate of drug-likeness (QED) is 0.700. The van der Waals surface area contributed by atoms with E-state index in [4.69, 9.17) is 11.6 Å². The third-order valence-corrected chi connectivity index (χ3v) is 8.12. The predicted octanol–water partition coefficient (Wildman–Crippen LogP) is 3.59. The molecule has 1 aromatic carbocycles. The normalized spacial score (nSPS) is 26.1. The summed E-state index contributed by atoms with van der Waals surface area (Å²) in [6.07, 6.45) is 3.91. The lowest BCUT2D eigenvalue weighted by Crippen LogP contribution is -2.52. The van der Waals surface area contributed by atoms with E-state index < -0.39 is 6.10 Å². The third kappa shape index (κ3) is 4.30. The molecule has 7 nitrogen and oxygen atoms in total. The van der Waals surface area contributed by atoms with Gasteiger partial charge in [0.25, 0.3) is 0 Å². The highest BCUT2D eigenvalue weighted by Gasteiger charge is 2.40. The summed E-state index contributed by atoms with van der Waals surface area (Å²) < 4.78 is 0. The van der Waals surface area contributed by atoms with Gasteiger partial charge >= 0.3 is 0 Å². The molecule has 5 rings (SSSR count). The van der Waals surface area contributed by atoms with E-state index in [9.17, 15) is 9.90 Å². The molecule has 2 unspecified atom stereocenters. The highest BCUT2D eigenvalue weighted by molar-refractivity contribution is 6.30. The maximum absolute atomic E-state index is 13.9. The average molecular weight is 484 g/mol. The maximum atomic E-state index is 13.9. The van der Waals surface area contributed by atoms with E-state index in [-0.39, 0.29) is 23.8 Å². The fraction of sp³-hybridized carbons (Fsp3) is 0.577. The summed E-state index contributed by atoms with van der Waals surface area (Å²) in [5, 5.41) is 11.0. The van der Waals surface area contributed by atoms with Gasteiger partial charge in [-0.3, -0.25) is 9.69 Å². The van der Waals surface area contributed by atoms with Crippen molar-refractivity contribution in [3.05, 3.63) is 52.4 Å². The number of piperazine rings is 1. The molecule has 3 heterocycles. The van der Waals surface area contributed by atoms with Crippen molar-refractivity contribution in [1.29, 1.82) is 0 Å². The minimum atomic E-state index is -0.511. The Kier molecular flexibility index (Phi) is 6.78. The molecule has 34 heavy (non-hydrogen) atoms. The van der Waals surface area contributed by atoms with Gasteiger partial charge in [0.05, 0.1) is 17.7 Å². The number of anilines is 1. The number of aromatic nitrogens is 2. The van der Waals surface area contributed by atoms with Gasteiger partial charge in [0.15, 0.2) is 0 Å². The van der Waals surface area contributed by atoms with Crippen LogP contribution in [-0.2, 0) is 4.79 Å². The molecule has 1 amide bonds. The van der Waals surface area contributed by atoms with Gasteiger partial charge in [-0.15, -0.1) is 0 Å². The Morgan fingerprint density at radius 1 is 1.15 bits per heavy atom. The number of carbonyl (C=O) groups excluding carboxylic acids is 1. The summed E-state index contributed by atoms with van der Waals surface area (Å²) >= 11 is 6.16. The number of nitrogens with zero attached hydrogens (tertiary/aromatic N) is 5. The number of aliphatic hydroxyl groups is 1. The Hall–Kier alpha value is -2.22. The summed E-state index contributed by atoms with van der Waals surface area (Å²) in [5.74, 6) is 1.19. The molecular weight excluding hydrogens is 450 g/mol. The second kappa shape index (κ2) is 9.80. The van der Waals surface area contributed by atoms with Crippen LogP contribution < -0.4 is 4.90 Å². The fourth-order valence-electron chi connectivity index (χ4n) is 6.11. The number of halogens is 1. The Balaban J connectivity index is 1.34. The van der Waals surface area contributed by atoms with Crippen molar-refractivity contribution >= 4 is 23.3 Å².